The average Bonchev–Trinajstić information content (AvgIpc) is 2.71. The minimum Gasteiger partial charge on any atom is -0.493 e. The summed E-state index contributed by atoms with van der Waals surface area (Å²) in [5.41, 5.74) is 6.88. The molecule has 7 nitrogen and oxygen atoms in total. The Morgan fingerprint density at radius 1 is 1.21 bits per heavy atom. The van der Waals surface area contributed by atoms with Crippen LogP contribution >= 0.6 is 11.8 Å². The molecule has 2 rings (SSSR count). The van der Waals surface area contributed by atoms with Crippen molar-refractivity contribution in [3.63, 3.8) is 0 Å². The molecule has 0 aliphatic rings. The normalized spacial score (nSPS) is 12.4. The van der Waals surface area contributed by atoms with Crippen molar-refractivity contribution in [2.75, 3.05) is 18.7 Å². The lowest BCUT2D eigenvalue weighted by Crippen LogP contribution is -2.27. The standard InChI is InChI=1S/C19H21F2N3O4S/c1-11(18(25)23-13-6-4-5-7-16(13)29-3)28-24-17(22)12-8-9-14(27-19(20)21)15(10-12)26-2/h4-11,19H,1-3H3,(H2,22,24)(H,23,25). The second kappa shape index (κ2) is 10.5. The van der Waals surface area contributed by atoms with E-state index in [-0.39, 0.29) is 17.3 Å². The van der Waals surface area contributed by atoms with Crippen LogP contribution in [0.5, 0.6) is 11.5 Å². The number of alkyl halides is 2. The summed E-state index contributed by atoms with van der Waals surface area (Å²) in [6.45, 7) is -1.46. The fourth-order valence-corrected chi connectivity index (χ4v) is 2.79. The van der Waals surface area contributed by atoms with Gasteiger partial charge in [-0.25, -0.2) is 0 Å². The van der Waals surface area contributed by atoms with E-state index in [1.54, 1.807) is 6.07 Å². The van der Waals surface area contributed by atoms with Gasteiger partial charge in [0.15, 0.2) is 17.3 Å². The van der Waals surface area contributed by atoms with Crippen molar-refractivity contribution in [2.45, 2.75) is 24.5 Å². The van der Waals surface area contributed by atoms with Gasteiger partial charge in [0.2, 0.25) is 6.10 Å². The second-order valence-corrected chi connectivity index (χ2v) is 6.51. The van der Waals surface area contributed by atoms with Gasteiger partial charge in [0.1, 0.15) is 0 Å². The molecule has 2 aromatic rings. The van der Waals surface area contributed by atoms with Crippen LogP contribution in [0.4, 0.5) is 14.5 Å². The number of hydrogen-bond acceptors (Lipinski definition) is 6. The molecule has 0 aliphatic carbocycles. The number of carbonyl (C=O) groups excluding carboxylic acids is 1. The predicted molar refractivity (Wildman–Crippen MR) is 108 cm³/mol. The van der Waals surface area contributed by atoms with Crippen molar-refractivity contribution in [1.29, 1.82) is 0 Å². The molecule has 1 atom stereocenters. The zero-order valence-corrected chi connectivity index (χ0v) is 16.8. The van der Waals surface area contributed by atoms with E-state index in [2.05, 4.69) is 15.2 Å². The molecule has 1 amide bonds. The highest BCUT2D eigenvalue weighted by Gasteiger charge is 2.17. The van der Waals surface area contributed by atoms with E-state index in [4.69, 9.17) is 15.3 Å². The predicted octanol–water partition coefficient (Wildman–Crippen LogP) is 3.68. The molecule has 0 saturated carbocycles. The summed E-state index contributed by atoms with van der Waals surface area (Å²) in [7, 11) is 1.31. The highest BCUT2D eigenvalue weighted by atomic mass is 32.2. The minimum absolute atomic E-state index is 0.0559. The Morgan fingerprint density at radius 2 is 1.93 bits per heavy atom. The number of oxime groups is 1. The molecule has 156 valence electrons. The second-order valence-electron chi connectivity index (χ2n) is 5.66. The van der Waals surface area contributed by atoms with Gasteiger partial charge in [-0.1, -0.05) is 17.3 Å². The summed E-state index contributed by atoms with van der Waals surface area (Å²) in [5, 5.41) is 6.52. The van der Waals surface area contributed by atoms with E-state index in [9.17, 15) is 13.6 Å². The third-order valence-electron chi connectivity index (χ3n) is 3.72. The van der Waals surface area contributed by atoms with E-state index in [1.165, 1.54) is 44.0 Å². The molecule has 0 saturated heterocycles. The highest BCUT2D eigenvalue weighted by Crippen LogP contribution is 2.29. The summed E-state index contributed by atoms with van der Waals surface area (Å²) in [4.78, 5) is 18.4. The van der Waals surface area contributed by atoms with Crippen LogP contribution in [0.15, 0.2) is 52.5 Å². The Hall–Kier alpha value is -3.01. The van der Waals surface area contributed by atoms with Gasteiger partial charge < -0.3 is 25.4 Å². The van der Waals surface area contributed by atoms with E-state index < -0.39 is 18.6 Å². The smallest absolute Gasteiger partial charge is 0.387 e. The number of nitrogens with two attached hydrogens (primary N) is 1. The maximum absolute atomic E-state index is 12.4. The Kier molecular flexibility index (Phi) is 8.08. The molecule has 0 heterocycles. The Labute approximate surface area is 171 Å². The van der Waals surface area contributed by atoms with Crippen LogP contribution in [0.3, 0.4) is 0 Å². The Balaban J connectivity index is 2.05. The number of amides is 1. The topological polar surface area (TPSA) is 95.2 Å². The lowest BCUT2D eigenvalue weighted by molar-refractivity contribution is -0.126. The van der Waals surface area contributed by atoms with Crippen molar-refractivity contribution < 1.29 is 27.9 Å². The number of carbonyl (C=O) groups is 1. The fourth-order valence-electron chi connectivity index (χ4n) is 2.24. The van der Waals surface area contributed by atoms with Crippen LogP contribution in [0.25, 0.3) is 0 Å². The third-order valence-corrected chi connectivity index (χ3v) is 4.51. The lowest BCUT2D eigenvalue weighted by atomic mass is 10.2. The number of halogens is 2. The molecule has 0 fully saturated rings. The summed E-state index contributed by atoms with van der Waals surface area (Å²) in [6.07, 6.45) is 0.980. The molecular formula is C19H21F2N3O4S. The van der Waals surface area contributed by atoms with Gasteiger partial charge in [-0.3, -0.25) is 4.79 Å². The first-order valence-electron chi connectivity index (χ1n) is 8.42. The number of amidine groups is 1. The van der Waals surface area contributed by atoms with Gasteiger partial charge in [-0.15, -0.1) is 11.8 Å². The number of anilines is 1. The molecule has 3 N–H and O–H groups in total. The Bertz CT molecular complexity index is 880. The number of methoxy groups -OCH3 is 1. The molecule has 0 aromatic heterocycles. The molecule has 0 bridgehead atoms. The van der Waals surface area contributed by atoms with E-state index in [0.29, 0.717) is 11.3 Å². The van der Waals surface area contributed by atoms with Crippen LogP contribution < -0.4 is 20.5 Å². The molecule has 0 radical (unpaired) electrons. The quantitative estimate of drug-likeness (QED) is 0.275. The minimum atomic E-state index is -2.99. The maximum Gasteiger partial charge on any atom is 0.387 e. The first-order valence-corrected chi connectivity index (χ1v) is 9.64. The van der Waals surface area contributed by atoms with Crippen molar-refractivity contribution in [2.24, 2.45) is 10.9 Å². The number of hydrogen-bond donors (Lipinski definition) is 2. The van der Waals surface area contributed by atoms with Crippen LogP contribution in [0, 0.1) is 0 Å². The average molecular weight is 425 g/mol. The molecular weight excluding hydrogens is 404 g/mol. The van der Waals surface area contributed by atoms with Gasteiger partial charge in [-0.2, -0.15) is 8.78 Å². The highest BCUT2D eigenvalue weighted by molar-refractivity contribution is 7.98. The van der Waals surface area contributed by atoms with Gasteiger partial charge in [0.25, 0.3) is 5.91 Å². The van der Waals surface area contributed by atoms with Crippen LogP contribution in [-0.4, -0.2) is 37.8 Å². The van der Waals surface area contributed by atoms with Crippen LogP contribution in [0.1, 0.15) is 12.5 Å². The summed E-state index contributed by atoms with van der Waals surface area (Å²) < 4.78 is 34.2. The molecule has 29 heavy (non-hydrogen) atoms. The maximum atomic E-state index is 12.4. The number of nitrogens with one attached hydrogen (secondary N) is 1. The first-order chi connectivity index (χ1) is 13.8. The molecule has 0 aliphatic heterocycles. The van der Waals surface area contributed by atoms with E-state index in [1.807, 2.05) is 24.5 Å². The number of para-hydroxylation sites is 1. The first kappa shape index (κ1) is 22.3. The zero-order chi connectivity index (χ0) is 21.4. The van der Waals surface area contributed by atoms with Crippen molar-refractivity contribution in [3.05, 3.63) is 48.0 Å². The van der Waals surface area contributed by atoms with Crippen molar-refractivity contribution >= 4 is 29.2 Å². The van der Waals surface area contributed by atoms with Gasteiger partial charge in [0, 0.05) is 10.5 Å². The van der Waals surface area contributed by atoms with E-state index >= 15 is 0 Å². The summed E-state index contributed by atoms with van der Waals surface area (Å²) in [5.74, 6) is -0.544. The SMILES string of the molecule is COc1cc(/C(N)=N/OC(C)C(=O)Nc2ccccc2SC)ccc1OC(F)F. The van der Waals surface area contributed by atoms with Gasteiger partial charge in [0.05, 0.1) is 12.8 Å². The Morgan fingerprint density at radius 3 is 2.59 bits per heavy atom. The van der Waals surface area contributed by atoms with Crippen LogP contribution in [0.2, 0.25) is 0 Å². The fraction of sp³-hybridized carbons (Fsp3) is 0.263. The van der Waals surface area contributed by atoms with Gasteiger partial charge >= 0.3 is 6.61 Å². The molecule has 2 aromatic carbocycles. The van der Waals surface area contributed by atoms with Gasteiger partial charge in [-0.05, 0) is 43.5 Å². The zero-order valence-electron chi connectivity index (χ0n) is 16.0. The van der Waals surface area contributed by atoms with Crippen molar-refractivity contribution in [3.8, 4) is 11.5 Å². The number of rotatable bonds is 9. The van der Waals surface area contributed by atoms with Crippen LogP contribution in [-0.2, 0) is 9.63 Å². The van der Waals surface area contributed by atoms with Crippen molar-refractivity contribution in [1.82, 2.24) is 0 Å². The number of benzene rings is 2. The largest absolute Gasteiger partial charge is 0.493 e. The third kappa shape index (κ3) is 6.24. The molecule has 1 unspecified atom stereocenters. The monoisotopic (exact) mass is 425 g/mol. The van der Waals surface area contributed by atoms with E-state index in [0.717, 1.165) is 4.90 Å². The summed E-state index contributed by atoms with van der Waals surface area (Å²) >= 11 is 1.50. The molecule has 0 spiro atoms. The number of nitrogens with zero attached hydrogens (tertiary/aromatic N) is 1. The number of ether oxygens (including phenoxy) is 2. The number of thioether (sulfide) groups is 1. The molecule has 10 heteroatoms. The lowest BCUT2D eigenvalue weighted by Gasteiger charge is -2.14. The summed E-state index contributed by atoms with van der Waals surface area (Å²) in [6, 6.07) is 11.4.